The van der Waals surface area contributed by atoms with E-state index in [-0.39, 0.29) is 17.1 Å². The maximum Gasteiger partial charge on any atom is 0.252 e. The number of phenols is 1. The van der Waals surface area contributed by atoms with Gasteiger partial charge >= 0.3 is 0 Å². The van der Waals surface area contributed by atoms with Gasteiger partial charge in [0.05, 0.1) is 5.56 Å². The molecule has 0 heterocycles. The van der Waals surface area contributed by atoms with E-state index in [2.05, 4.69) is 0 Å². The van der Waals surface area contributed by atoms with Crippen molar-refractivity contribution in [3.63, 3.8) is 0 Å². The number of nitrogens with two attached hydrogens (primary N) is 1. The summed E-state index contributed by atoms with van der Waals surface area (Å²) in [5.74, 6) is 0.132. The molecule has 0 aliphatic heterocycles. The summed E-state index contributed by atoms with van der Waals surface area (Å²) in [5.41, 5.74) is 5.43. The Morgan fingerprint density at radius 3 is 2.67 bits per heavy atom. The summed E-state index contributed by atoms with van der Waals surface area (Å²) >= 11 is 5.79. The summed E-state index contributed by atoms with van der Waals surface area (Å²) in [4.78, 5) is 11.3. The summed E-state index contributed by atoms with van der Waals surface area (Å²) in [6.07, 6.45) is 0. The number of primary amides is 1. The lowest BCUT2D eigenvalue weighted by molar-refractivity contribution is 0.0998. The van der Waals surface area contributed by atoms with Crippen LogP contribution in [0.3, 0.4) is 0 Å². The topological polar surface area (TPSA) is 72.6 Å². The number of amides is 1. The molecule has 0 atom stereocenters. The average Bonchev–Trinajstić information content (AvgIpc) is 2.31. The molecule has 1 amide bonds. The minimum absolute atomic E-state index is 0.0714. The molecular formula is C13H10ClNO3. The lowest BCUT2D eigenvalue weighted by Crippen LogP contribution is -2.12. The number of carbonyl (C=O) groups excluding carboxylic acids is 1. The van der Waals surface area contributed by atoms with Crippen LogP contribution in [0, 0.1) is 0 Å². The van der Waals surface area contributed by atoms with Crippen molar-refractivity contribution in [1.82, 2.24) is 0 Å². The average molecular weight is 264 g/mol. The zero-order valence-corrected chi connectivity index (χ0v) is 10.0. The third kappa shape index (κ3) is 2.73. The summed E-state index contributed by atoms with van der Waals surface area (Å²) in [6, 6.07) is 10.8. The van der Waals surface area contributed by atoms with Crippen molar-refractivity contribution >= 4 is 17.5 Å². The number of hydrogen-bond donors (Lipinski definition) is 2. The molecule has 4 nitrogen and oxygen atoms in total. The Bertz CT molecular complexity index is 599. The van der Waals surface area contributed by atoms with E-state index >= 15 is 0 Å². The fourth-order valence-corrected chi connectivity index (χ4v) is 1.63. The molecule has 2 aromatic rings. The summed E-state index contributed by atoms with van der Waals surface area (Å²) in [7, 11) is 0. The summed E-state index contributed by atoms with van der Waals surface area (Å²) in [5, 5.41) is 9.72. The van der Waals surface area contributed by atoms with Gasteiger partial charge in [-0.05, 0) is 30.3 Å². The minimum atomic E-state index is -0.632. The molecule has 0 radical (unpaired) electrons. The molecule has 5 heteroatoms. The van der Waals surface area contributed by atoms with Gasteiger partial charge in [-0.15, -0.1) is 0 Å². The van der Waals surface area contributed by atoms with E-state index < -0.39 is 5.91 Å². The molecule has 0 saturated heterocycles. The number of benzene rings is 2. The van der Waals surface area contributed by atoms with E-state index in [0.29, 0.717) is 10.8 Å². The van der Waals surface area contributed by atoms with Crippen LogP contribution in [0.5, 0.6) is 17.2 Å². The number of hydrogen-bond acceptors (Lipinski definition) is 3. The van der Waals surface area contributed by atoms with Crippen molar-refractivity contribution in [3.05, 3.63) is 53.1 Å². The predicted octanol–water partition coefficient (Wildman–Crippen LogP) is 2.94. The molecule has 0 aliphatic carbocycles. The highest BCUT2D eigenvalue weighted by molar-refractivity contribution is 6.31. The van der Waals surface area contributed by atoms with Gasteiger partial charge in [-0.3, -0.25) is 4.79 Å². The first-order chi connectivity index (χ1) is 8.56. The number of rotatable bonds is 3. The third-order valence-corrected chi connectivity index (χ3v) is 2.49. The van der Waals surface area contributed by atoms with E-state index in [9.17, 15) is 9.90 Å². The number of carbonyl (C=O) groups is 1. The Balaban J connectivity index is 2.37. The second-order valence-corrected chi connectivity index (χ2v) is 4.04. The monoisotopic (exact) mass is 263 g/mol. The van der Waals surface area contributed by atoms with Crippen LogP contribution in [0.4, 0.5) is 0 Å². The number of halogens is 1. The number of phenolic OH excluding ortho intramolecular Hbond substituents is 1. The van der Waals surface area contributed by atoms with Crippen molar-refractivity contribution in [2.75, 3.05) is 0 Å². The Labute approximate surface area is 109 Å². The lowest BCUT2D eigenvalue weighted by atomic mass is 10.2. The molecule has 0 fully saturated rings. The highest BCUT2D eigenvalue weighted by atomic mass is 35.5. The first-order valence-electron chi connectivity index (χ1n) is 5.12. The Morgan fingerprint density at radius 2 is 2.00 bits per heavy atom. The standard InChI is InChI=1S/C13H10ClNO3/c14-8-4-5-12(11(6-8)13(15)17)18-10-3-1-2-9(16)7-10/h1-7,16H,(H2,15,17). The number of aromatic hydroxyl groups is 1. The van der Waals surface area contributed by atoms with Gasteiger partial charge in [0.2, 0.25) is 0 Å². The Kier molecular flexibility index (Phi) is 3.39. The van der Waals surface area contributed by atoms with Gasteiger partial charge < -0.3 is 15.6 Å². The Morgan fingerprint density at radius 1 is 1.22 bits per heavy atom. The molecule has 0 aliphatic rings. The molecule has 92 valence electrons. The summed E-state index contributed by atoms with van der Waals surface area (Å²) < 4.78 is 5.49. The van der Waals surface area contributed by atoms with Crippen LogP contribution in [0.25, 0.3) is 0 Å². The molecule has 2 rings (SSSR count). The van der Waals surface area contributed by atoms with E-state index in [0.717, 1.165) is 0 Å². The minimum Gasteiger partial charge on any atom is -0.508 e. The van der Waals surface area contributed by atoms with E-state index in [1.807, 2.05) is 0 Å². The molecule has 0 unspecified atom stereocenters. The van der Waals surface area contributed by atoms with Crippen molar-refractivity contribution in [2.45, 2.75) is 0 Å². The van der Waals surface area contributed by atoms with E-state index in [1.165, 1.54) is 18.2 Å². The second kappa shape index (κ2) is 4.98. The SMILES string of the molecule is NC(=O)c1cc(Cl)ccc1Oc1cccc(O)c1. The normalized spacial score (nSPS) is 10.1. The molecule has 0 saturated carbocycles. The fraction of sp³-hybridized carbons (Fsp3) is 0. The van der Waals surface area contributed by atoms with Gasteiger partial charge in [0.25, 0.3) is 5.91 Å². The first-order valence-corrected chi connectivity index (χ1v) is 5.50. The largest absolute Gasteiger partial charge is 0.508 e. The van der Waals surface area contributed by atoms with Gasteiger partial charge in [0, 0.05) is 11.1 Å². The molecule has 3 N–H and O–H groups in total. The zero-order chi connectivity index (χ0) is 13.1. The lowest BCUT2D eigenvalue weighted by Gasteiger charge is -2.09. The molecule has 0 aromatic heterocycles. The fourth-order valence-electron chi connectivity index (χ4n) is 1.46. The number of ether oxygens (including phenoxy) is 1. The molecule has 0 spiro atoms. The molecule has 0 bridgehead atoms. The van der Waals surface area contributed by atoms with Crippen LogP contribution in [0.1, 0.15) is 10.4 Å². The van der Waals surface area contributed by atoms with Crippen molar-refractivity contribution < 1.29 is 14.6 Å². The van der Waals surface area contributed by atoms with Gasteiger partial charge in [-0.2, -0.15) is 0 Å². The van der Waals surface area contributed by atoms with Gasteiger partial charge in [-0.1, -0.05) is 17.7 Å². The van der Waals surface area contributed by atoms with E-state index in [4.69, 9.17) is 22.1 Å². The van der Waals surface area contributed by atoms with Crippen molar-refractivity contribution in [2.24, 2.45) is 5.73 Å². The molecular weight excluding hydrogens is 254 g/mol. The Hall–Kier alpha value is -2.20. The second-order valence-electron chi connectivity index (χ2n) is 3.60. The quantitative estimate of drug-likeness (QED) is 0.894. The van der Waals surface area contributed by atoms with Crippen LogP contribution in [-0.2, 0) is 0 Å². The zero-order valence-electron chi connectivity index (χ0n) is 9.26. The van der Waals surface area contributed by atoms with Crippen LogP contribution >= 0.6 is 11.6 Å². The van der Waals surface area contributed by atoms with Gasteiger partial charge in [0.15, 0.2) is 0 Å². The van der Waals surface area contributed by atoms with E-state index in [1.54, 1.807) is 24.3 Å². The van der Waals surface area contributed by atoms with Gasteiger partial charge in [-0.25, -0.2) is 0 Å². The predicted molar refractivity (Wildman–Crippen MR) is 68.2 cm³/mol. The van der Waals surface area contributed by atoms with Crippen molar-refractivity contribution in [3.8, 4) is 17.2 Å². The molecule has 18 heavy (non-hydrogen) atoms. The van der Waals surface area contributed by atoms with Crippen LogP contribution in [0.2, 0.25) is 5.02 Å². The molecule has 2 aromatic carbocycles. The smallest absolute Gasteiger partial charge is 0.252 e. The van der Waals surface area contributed by atoms with Crippen LogP contribution < -0.4 is 10.5 Å². The third-order valence-electron chi connectivity index (χ3n) is 2.25. The highest BCUT2D eigenvalue weighted by Crippen LogP contribution is 2.29. The van der Waals surface area contributed by atoms with Gasteiger partial charge in [0.1, 0.15) is 17.2 Å². The highest BCUT2D eigenvalue weighted by Gasteiger charge is 2.11. The van der Waals surface area contributed by atoms with Crippen LogP contribution in [-0.4, -0.2) is 11.0 Å². The van der Waals surface area contributed by atoms with Crippen LogP contribution in [0.15, 0.2) is 42.5 Å². The maximum absolute atomic E-state index is 11.3. The van der Waals surface area contributed by atoms with Crippen molar-refractivity contribution in [1.29, 1.82) is 0 Å². The first kappa shape index (κ1) is 12.3. The summed E-state index contributed by atoms with van der Waals surface area (Å²) in [6.45, 7) is 0. The maximum atomic E-state index is 11.3.